The van der Waals surface area contributed by atoms with Gasteiger partial charge in [0.15, 0.2) is 0 Å². The second-order valence-electron chi connectivity index (χ2n) is 7.77. The molecule has 0 heterocycles. The zero-order valence-electron chi connectivity index (χ0n) is 13.3. The molecule has 21 heavy (non-hydrogen) atoms. The van der Waals surface area contributed by atoms with Gasteiger partial charge in [-0.2, -0.15) is 0 Å². The summed E-state index contributed by atoms with van der Waals surface area (Å²) in [7, 11) is 0. The van der Waals surface area contributed by atoms with Crippen molar-refractivity contribution < 1.29 is 4.92 Å². The molecule has 2 saturated carbocycles. The summed E-state index contributed by atoms with van der Waals surface area (Å²) < 4.78 is 0. The first kappa shape index (κ1) is 14.4. The minimum atomic E-state index is -0.287. The highest BCUT2D eigenvalue weighted by molar-refractivity contribution is 5.63. The Morgan fingerprint density at radius 2 is 2.05 bits per heavy atom. The van der Waals surface area contributed by atoms with E-state index in [1.807, 2.05) is 13.0 Å². The zero-order chi connectivity index (χ0) is 15.4. The van der Waals surface area contributed by atoms with E-state index in [2.05, 4.69) is 26.1 Å². The van der Waals surface area contributed by atoms with Crippen molar-refractivity contribution in [2.45, 2.75) is 53.0 Å². The van der Waals surface area contributed by atoms with Crippen molar-refractivity contribution in [3.63, 3.8) is 0 Å². The van der Waals surface area contributed by atoms with Crippen LogP contribution < -0.4 is 5.32 Å². The maximum Gasteiger partial charge on any atom is 0.292 e. The molecule has 3 rings (SSSR count). The molecule has 0 spiro atoms. The van der Waals surface area contributed by atoms with Crippen LogP contribution in [0.15, 0.2) is 18.2 Å². The number of fused-ring (bicyclic) bond motifs is 2. The molecule has 0 amide bonds. The summed E-state index contributed by atoms with van der Waals surface area (Å²) in [6, 6.07) is 5.62. The van der Waals surface area contributed by atoms with Crippen LogP contribution in [0.1, 0.15) is 45.6 Å². The number of benzene rings is 1. The smallest absolute Gasteiger partial charge is 0.292 e. The van der Waals surface area contributed by atoms with E-state index < -0.39 is 0 Å². The molecular formula is C17H24N2O2. The zero-order valence-corrected chi connectivity index (χ0v) is 13.3. The summed E-state index contributed by atoms with van der Waals surface area (Å²) in [5, 5.41) is 14.8. The fraction of sp³-hybridized carbons (Fsp3) is 0.647. The van der Waals surface area contributed by atoms with Crippen LogP contribution in [0.4, 0.5) is 11.4 Å². The molecule has 0 radical (unpaired) electrons. The molecule has 0 aromatic heterocycles. The van der Waals surface area contributed by atoms with Gasteiger partial charge in [-0.3, -0.25) is 10.1 Å². The monoisotopic (exact) mass is 288 g/mol. The Labute approximate surface area is 126 Å². The molecule has 0 saturated heterocycles. The minimum Gasteiger partial charge on any atom is -0.376 e. The van der Waals surface area contributed by atoms with Crippen molar-refractivity contribution in [1.29, 1.82) is 0 Å². The van der Waals surface area contributed by atoms with Crippen LogP contribution in [0.5, 0.6) is 0 Å². The fourth-order valence-corrected chi connectivity index (χ4v) is 4.74. The number of nitrogens with zero attached hydrogens (tertiary/aromatic N) is 1. The molecule has 3 atom stereocenters. The van der Waals surface area contributed by atoms with Crippen molar-refractivity contribution in [3.05, 3.63) is 33.9 Å². The summed E-state index contributed by atoms with van der Waals surface area (Å²) in [5.41, 5.74) is 2.35. The van der Waals surface area contributed by atoms with Gasteiger partial charge < -0.3 is 5.32 Å². The molecule has 4 heteroatoms. The second-order valence-corrected chi connectivity index (χ2v) is 7.77. The largest absolute Gasteiger partial charge is 0.376 e. The van der Waals surface area contributed by atoms with Gasteiger partial charge in [0.05, 0.1) is 4.92 Å². The molecule has 0 aliphatic heterocycles. The molecule has 4 nitrogen and oxygen atoms in total. The van der Waals surface area contributed by atoms with E-state index >= 15 is 0 Å². The number of hydrogen-bond acceptors (Lipinski definition) is 3. The molecule has 2 fully saturated rings. The van der Waals surface area contributed by atoms with E-state index in [0.29, 0.717) is 11.7 Å². The summed E-state index contributed by atoms with van der Waals surface area (Å²) >= 11 is 0. The lowest BCUT2D eigenvalue weighted by molar-refractivity contribution is -0.384. The summed E-state index contributed by atoms with van der Waals surface area (Å²) in [6.07, 6.45) is 3.74. The first-order valence-corrected chi connectivity index (χ1v) is 7.76. The highest BCUT2D eigenvalue weighted by Gasteiger charge is 2.59. The molecule has 2 aliphatic rings. The SMILES string of the molecule is Cc1ccc([N+](=O)[O-])c(NC2C(C)(C)[C@H]3CC[C@]2(C)C3)c1. The molecule has 114 valence electrons. The number of aryl methyl sites for hydroxylation is 1. The number of hydrogen-bond donors (Lipinski definition) is 1. The molecule has 1 N–H and O–H groups in total. The van der Waals surface area contributed by atoms with E-state index in [1.54, 1.807) is 12.1 Å². The molecular weight excluding hydrogens is 264 g/mol. The van der Waals surface area contributed by atoms with E-state index in [4.69, 9.17) is 0 Å². The van der Waals surface area contributed by atoms with Gasteiger partial charge in [0.25, 0.3) is 5.69 Å². The van der Waals surface area contributed by atoms with Gasteiger partial charge in [-0.1, -0.05) is 26.8 Å². The first-order valence-electron chi connectivity index (χ1n) is 7.76. The van der Waals surface area contributed by atoms with E-state index in [0.717, 1.165) is 11.5 Å². The van der Waals surface area contributed by atoms with E-state index in [1.165, 1.54) is 19.3 Å². The quantitative estimate of drug-likeness (QED) is 0.656. The molecule has 1 aromatic carbocycles. The Morgan fingerprint density at radius 3 is 2.62 bits per heavy atom. The van der Waals surface area contributed by atoms with Crippen molar-refractivity contribution in [3.8, 4) is 0 Å². The van der Waals surface area contributed by atoms with Crippen molar-refractivity contribution in [2.75, 3.05) is 5.32 Å². The number of rotatable bonds is 3. The van der Waals surface area contributed by atoms with Gasteiger partial charge in [0, 0.05) is 12.1 Å². The van der Waals surface area contributed by atoms with Crippen molar-refractivity contribution in [1.82, 2.24) is 0 Å². The number of anilines is 1. The van der Waals surface area contributed by atoms with Crippen molar-refractivity contribution >= 4 is 11.4 Å². The molecule has 2 bridgehead atoms. The second kappa shape index (κ2) is 4.46. The van der Waals surface area contributed by atoms with E-state index in [-0.39, 0.29) is 21.4 Å². The predicted molar refractivity (Wildman–Crippen MR) is 84.5 cm³/mol. The minimum absolute atomic E-state index is 0.183. The van der Waals surface area contributed by atoms with Gasteiger partial charge in [-0.15, -0.1) is 0 Å². The number of nitrogens with one attached hydrogen (secondary N) is 1. The summed E-state index contributed by atoms with van der Waals surface area (Å²) in [6.45, 7) is 8.92. The van der Waals surface area contributed by atoms with Gasteiger partial charge in [0.1, 0.15) is 5.69 Å². The Balaban J connectivity index is 1.97. The normalized spacial score (nSPS) is 33.1. The van der Waals surface area contributed by atoms with E-state index in [9.17, 15) is 10.1 Å². The van der Waals surface area contributed by atoms with Crippen LogP contribution in [-0.4, -0.2) is 11.0 Å². The molecule has 1 aromatic rings. The maximum absolute atomic E-state index is 11.3. The van der Waals surface area contributed by atoms with Gasteiger partial charge in [0.2, 0.25) is 0 Å². The maximum atomic E-state index is 11.3. The number of nitro benzene ring substituents is 1. The third kappa shape index (κ3) is 2.12. The van der Waals surface area contributed by atoms with Crippen LogP contribution in [-0.2, 0) is 0 Å². The lowest BCUT2D eigenvalue weighted by Crippen LogP contribution is -2.45. The summed E-state index contributed by atoms with van der Waals surface area (Å²) in [5.74, 6) is 0.726. The van der Waals surface area contributed by atoms with Crippen LogP contribution in [0.3, 0.4) is 0 Å². The molecule has 2 aliphatic carbocycles. The van der Waals surface area contributed by atoms with Gasteiger partial charge in [-0.05, 0) is 54.6 Å². The van der Waals surface area contributed by atoms with Gasteiger partial charge >= 0.3 is 0 Å². The van der Waals surface area contributed by atoms with Gasteiger partial charge in [-0.25, -0.2) is 0 Å². The third-order valence-electron chi connectivity index (χ3n) is 5.92. The Morgan fingerprint density at radius 1 is 1.33 bits per heavy atom. The topological polar surface area (TPSA) is 55.2 Å². The van der Waals surface area contributed by atoms with Crippen molar-refractivity contribution in [2.24, 2.45) is 16.7 Å². The highest BCUT2D eigenvalue weighted by Crippen LogP contribution is 2.63. The lowest BCUT2D eigenvalue weighted by atomic mass is 9.68. The first-order chi connectivity index (χ1) is 9.74. The third-order valence-corrected chi connectivity index (χ3v) is 5.92. The number of nitro groups is 1. The van der Waals surface area contributed by atoms with Crippen LogP contribution in [0.2, 0.25) is 0 Å². The Bertz CT molecular complexity index is 592. The Kier molecular flexibility index (Phi) is 3.05. The average molecular weight is 288 g/mol. The lowest BCUT2D eigenvalue weighted by Gasteiger charge is -2.43. The summed E-state index contributed by atoms with van der Waals surface area (Å²) in [4.78, 5) is 11.0. The standard InChI is InChI=1S/C17H24N2O2/c1-11-5-6-14(19(20)21)13(9-11)18-15-16(2,3)12-7-8-17(15,4)10-12/h5-6,9,12,15,18H,7-8,10H2,1-4H3/t12-,15?,17+/m0/s1. The molecule has 1 unspecified atom stereocenters. The predicted octanol–water partition coefficient (Wildman–Crippen LogP) is 4.53. The fourth-order valence-electron chi connectivity index (χ4n) is 4.74. The van der Waals surface area contributed by atoms with Crippen LogP contribution in [0.25, 0.3) is 0 Å². The van der Waals surface area contributed by atoms with Crippen LogP contribution in [0, 0.1) is 33.8 Å². The van der Waals surface area contributed by atoms with Crippen LogP contribution >= 0.6 is 0 Å². The highest BCUT2D eigenvalue weighted by atomic mass is 16.6. The average Bonchev–Trinajstić information content (AvgIpc) is 2.85. The Hall–Kier alpha value is -1.58.